The van der Waals surface area contributed by atoms with Gasteiger partial charge in [0.1, 0.15) is 4.21 Å². The average Bonchev–Trinajstić information content (AvgIpc) is 2.81. The van der Waals surface area contributed by atoms with Gasteiger partial charge in [-0.1, -0.05) is 19.9 Å². The second-order valence-corrected chi connectivity index (χ2v) is 8.48. The minimum absolute atomic E-state index is 0.396. The van der Waals surface area contributed by atoms with E-state index in [4.69, 9.17) is 0 Å². The summed E-state index contributed by atoms with van der Waals surface area (Å²) >= 11 is 1.25. The number of hydrogen-bond acceptors (Lipinski definition) is 4. The third kappa shape index (κ3) is 4.27. The number of nitrogens with zero attached hydrogens (tertiary/aromatic N) is 1. The van der Waals surface area contributed by atoms with Crippen LogP contribution in [-0.2, 0) is 10.0 Å². The zero-order chi connectivity index (χ0) is 13.9. The lowest BCUT2D eigenvalue weighted by molar-refractivity contribution is 0.143. The van der Waals surface area contributed by atoms with Gasteiger partial charge < -0.3 is 4.90 Å². The minimum Gasteiger partial charge on any atom is -0.302 e. The highest BCUT2D eigenvalue weighted by molar-refractivity contribution is 7.91. The Morgan fingerprint density at radius 3 is 2.63 bits per heavy atom. The molecule has 0 bridgehead atoms. The molecule has 1 aliphatic rings. The van der Waals surface area contributed by atoms with E-state index in [1.54, 1.807) is 17.5 Å². The SMILES string of the molecule is CC1CC(C)CN(CCNS(=O)(=O)c2cccs2)C1. The summed E-state index contributed by atoms with van der Waals surface area (Å²) in [6.07, 6.45) is 1.28. The van der Waals surface area contributed by atoms with Gasteiger partial charge in [0.15, 0.2) is 0 Å². The first-order valence-electron chi connectivity index (χ1n) is 6.73. The van der Waals surface area contributed by atoms with Gasteiger partial charge in [0, 0.05) is 26.2 Å². The predicted octanol–water partition coefficient (Wildman–Crippen LogP) is 2.00. The molecular weight excluding hydrogens is 280 g/mol. The van der Waals surface area contributed by atoms with Crippen molar-refractivity contribution in [3.05, 3.63) is 17.5 Å². The Balaban J connectivity index is 1.80. The minimum atomic E-state index is -3.30. The van der Waals surface area contributed by atoms with Gasteiger partial charge in [-0.05, 0) is 29.7 Å². The van der Waals surface area contributed by atoms with Crippen LogP contribution in [0.1, 0.15) is 20.3 Å². The van der Waals surface area contributed by atoms with E-state index < -0.39 is 10.0 Å². The molecule has 1 aliphatic heterocycles. The first-order valence-corrected chi connectivity index (χ1v) is 9.09. The topological polar surface area (TPSA) is 49.4 Å². The monoisotopic (exact) mass is 302 g/mol. The van der Waals surface area contributed by atoms with Crippen LogP contribution in [0.5, 0.6) is 0 Å². The molecule has 1 saturated heterocycles. The van der Waals surface area contributed by atoms with Crippen LogP contribution in [0, 0.1) is 11.8 Å². The highest BCUT2D eigenvalue weighted by atomic mass is 32.2. The lowest BCUT2D eigenvalue weighted by Gasteiger charge is -2.34. The Hall–Kier alpha value is -0.430. The quantitative estimate of drug-likeness (QED) is 0.905. The van der Waals surface area contributed by atoms with Crippen molar-refractivity contribution in [2.75, 3.05) is 26.2 Å². The normalized spacial score (nSPS) is 25.6. The number of sulfonamides is 1. The fraction of sp³-hybridized carbons (Fsp3) is 0.692. The maximum Gasteiger partial charge on any atom is 0.250 e. The standard InChI is InChI=1S/C13H22N2O2S2/c1-11-8-12(2)10-15(9-11)6-5-14-19(16,17)13-4-3-7-18-13/h3-4,7,11-12,14H,5-6,8-10H2,1-2H3. The fourth-order valence-corrected chi connectivity index (χ4v) is 4.86. The zero-order valence-electron chi connectivity index (χ0n) is 11.5. The van der Waals surface area contributed by atoms with E-state index in [1.807, 2.05) is 0 Å². The summed E-state index contributed by atoms with van der Waals surface area (Å²) in [4.78, 5) is 2.36. The fourth-order valence-electron chi connectivity index (χ4n) is 2.80. The summed E-state index contributed by atoms with van der Waals surface area (Å²) in [5, 5.41) is 1.78. The zero-order valence-corrected chi connectivity index (χ0v) is 13.1. The summed E-state index contributed by atoms with van der Waals surface area (Å²) < 4.78 is 27.0. The summed E-state index contributed by atoms with van der Waals surface area (Å²) in [5.41, 5.74) is 0. The van der Waals surface area contributed by atoms with Gasteiger partial charge in [-0.2, -0.15) is 0 Å². The van der Waals surface area contributed by atoms with Crippen LogP contribution in [0.3, 0.4) is 0 Å². The molecule has 2 heterocycles. The Labute approximate surface area is 119 Å². The molecule has 0 amide bonds. The number of thiophene rings is 1. The van der Waals surface area contributed by atoms with Crippen molar-refractivity contribution in [3.8, 4) is 0 Å². The molecule has 0 aliphatic carbocycles. The van der Waals surface area contributed by atoms with Gasteiger partial charge in [0.2, 0.25) is 10.0 Å². The lowest BCUT2D eigenvalue weighted by atomic mass is 9.92. The third-order valence-corrected chi connectivity index (χ3v) is 6.28. The van der Waals surface area contributed by atoms with Crippen LogP contribution in [0.15, 0.2) is 21.7 Å². The molecule has 0 aromatic carbocycles. The molecule has 2 rings (SSSR count). The van der Waals surface area contributed by atoms with Crippen molar-refractivity contribution in [1.29, 1.82) is 0 Å². The van der Waals surface area contributed by atoms with Crippen LogP contribution in [-0.4, -0.2) is 39.5 Å². The summed E-state index contributed by atoms with van der Waals surface area (Å²) in [5.74, 6) is 1.41. The molecule has 1 aromatic heterocycles. The molecule has 2 atom stereocenters. The highest BCUT2D eigenvalue weighted by Gasteiger charge is 2.22. The molecule has 4 nitrogen and oxygen atoms in total. The average molecular weight is 302 g/mol. The van der Waals surface area contributed by atoms with Crippen molar-refractivity contribution in [2.24, 2.45) is 11.8 Å². The molecule has 0 spiro atoms. The van der Waals surface area contributed by atoms with Gasteiger partial charge in [-0.3, -0.25) is 0 Å². The Kier molecular flexibility index (Phi) is 5.00. The molecule has 108 valence electrons. The van der Waals surface area contributed by atoms with Crippen LogP contribution >= 0.6 is 11.3 Å². The molecule has 19 heavy (non-hydrogen) atoms. The number of likely N-dealkylation sites (tertiary alicyclic amines) is 1. The van der Waals surface area contributed by atoms with E-state index >= 15 is 0 Å². The van der Waals surface area contributed by atoms with Gasteiger partial charge in [-0.15, -0.1) is 11.3 Å². The van der Waals surface area contributed by atoms with Gasteiger partial charge in [-0.25, -0.2) is 13.1 Å². The molecule has 0 saturated carbocycles. The van der Waals surface area contributed by atoms with Crippen LogP contribution in [0.25, 0.3) is 0 Å². The van der Waals surface area contributed by atoms with Crippen molar-refractivity contribution in [1.82, 2.24) is 9.62 Å². The van der Waals surface area contributed by atoms with Crippen molar-refractivity contribution in [2.45, 2.75) is 24.5 Å². The molecule has 2 unspecified atom stereocenters. The number of hydrogen-bond donors (Lipinski definition) is 1. The Bertz CT molecular complexity index is 475. The number of piperidine rings is 1. The molecular formula is C13H22N2O2S2. The Morgan fingerprint density at radius 2 is 2.05 bits per heavy atom. The van der Waals surface area contributed by atoms with Crippen LogP contribution in [0.2, 0.25) is 0 Å². The van der Waals surface area contributed by atoms with Crippen molar-refractivity contribution in [3.63, 3.8) is 0 Å². The van der Waals surface area contributed by atoms with Gasteiger partial charge in [0.25, 0.3) is 0 Å². The predicted molar refractivity (Wildman–Crippen MR) is 78.9 cm³/mol. The van der Waals surface area contributed by atoms with Gasteiger partial charge >= 0.3 is 0 Å². The maximum atomic E-state index is 11.9. The third-order valence-electron chi connectivity index (χ3n) is 3.42. The van der Waals surface area contributed by atoms with E-state index in [0.717, 1.165) is 19.6 Å². The molecule has 0 radical (unpaired) electrons. The van der Waals surface area contributed by atoms with Crippen LogP contribution < -0.4 is 4.72 Å². The van der Waals surface area contributed by atoms with E-state index in [1.165, 1.54) is 17.8 Å². The first-order chi connectivity index (χ1) is 8.97. The van der Waals surface area contributed by atoms with Crippen LogP contribution in [0.4, 0.5) is 0 Å². The Morgan fingerprint density at radius 1 is 1.37 bits per heavy atom. The van der Waals surface area contributed by atoms with E-state index in [-0.39, 0.29) is 0 Å². The molecule has 6 heteroatoms. The van der Waals surface area contributed by atoms with E-state index in [0.29, 0.717) is 22.6 Å². The summed E-state index contributed by atoms with van der Waals surface area (Å²) in [7, 11) is -3.30. The van der Waals surface area contributed by atoms with Crippen molar-refractivity contribution < 1.29 is 8.42 Å². The largest absolute Gasteiger partial charge is 0.302 e. The smallest absolute Gasteiger partial charge is 0.250 e. The molecule has 1 aromatic rings. The number of rotatable bonds is 5. The summed E-state index contributed by atoms with van der Waals surface area (Å²) in [6.45, 7) is 7.95. The van der Waals surface area contributed by atoms with E-state index in [9.17, 15) is 8.42 Å². The van der Waals surface area contributed by atoms with E-state index in [2.05, 4.69) is 23.5 Å². The molecule has 1 N–H and O–H groups in total. The second kappa shape index (κ2) is 6.35. The van der Waals surface area contributed by atoms with Gasteiger partial charge in [0.05, 0.1) is 0 Å². The number of nitrogens with one attached hydrogen (secondary N) is 1. The van der Waals surface area contributed by atoms with Crippen molar-refractivity contribution >= 4 is 21.4 Å². The maximum absolute atomic E-state index is 11.9. The lowest BCUT2D eigenvalue weighted by Crippen LogP contribution is -2.42. The molecule has 1 fully saturated rings. The summed E-state index contributed by atoms with van der Waals surface area (Å²) in [6, 6.07) is 3.39. The highest BCUT2D eigenvalue weighted by Crippen LogP contribution is 2.20. The second-order valence-electron chi connectivity index (χ2n) is 5.54. The first kappa shape index (κ1) is 15.0.